The van der Waals surface area contributed by atoms with E-state index in [1.807, 2.05) is 29.2 Å². The number of fused-ring (bicyclic) bond motifs is 1. The van der Waals surface area contributed by atoms with Crippen LogP contribution < -0.4 is 9.47 Å². The van der Waals surface area contributed by atoms with Gasteiger partial charge in [0.15, 0.2) is 0 Å². The maximum absolute atomic E-state index is 13.1. The van der Waals surface area contributed by atoms with E-state index in [9.17, 15) is 14.3 Å². The molecule has 4 atom stereocenters. The average molecular weight is 413 g/mol. The maximum Gasteiger partial charge on any atom is 0.253 e. The maximum atomic E-state index is 13.1. The number of rotatable bonds is 6. The third-order valence-corrected chi connectivity index (χ3v) is 6.05. The molecular weight excluding hydrogens is 385 g/mol. The Bertz CT molecular complexity index is 855. The van der Waals surface area contributed by atoms with Crippen molar-refractivity contribution in [3.8, 4) is 11.5 Å². The van der Waals surface area contributed by atoms with Gasteiger partial charge in [0.2, 0.25) is 0 Å². The smallest absolute Gasteiger partial charge is 0.253 e. The minimum absolute atomic E-state index is 0.0111. The van der Waals surface area contributed by atoms with Gasteiger partial charge in [-0.3, -0.25) is 4.79 Å². The lowest BCUT2D eigenvalue weighted by molar-refractivity contribution is -0.0231. The summed E-state index contributed by atoms with van der Waals surface area (Å²) in [6.45, 7) is 4.02. The number of carbonyl (C=O) groups is 1. The Morgan fingerprint density at radius 1 is 1.03 bits per heavy atom. The van der Waals surface area contributed by atoms with Crippen LogP contribution >= 0.6 is 0 Å². The number of halogens is 1. The number of nitrogens with zero attached hydrogens (tertiary/aromatic N) is 1. The fourth-order valence-electron chi connectivity index (χ4n) is 4.47. The minimum Gasteiger partial charge on any atom is -0.494 e. The second-order valence-electron chi connectivity index (χ2n) is 8.25. The van der Waals surface area contributed by atoms with Crippen LogP contribution in [-0.4, -0.2) is 47.8 Å². The molecule has 0 radical (unpaired) electrons. The zero-order valence-corrected chi connectivity index (χ0v) is 17.2. The van der Waals surface area contributed by atoms with E-state index in [1.165, 1.54) is 12.1 Å². The van der Waals surface area contributed by atoms with Crippen molar-refractivity contribution < 1.29 is 23.8 Å². The molecule has 0 unspecified atom stereocenters. The highest BCUT2D eigenvalue weighted by atomic mass is 19.1. The summed E-state index contributed by atoms with van der Waals surface area (Å²) >= 11 is 0. The number of aliphatic hydroxyl groups is 1. The SMILES string of the molecule is CCCOc1ccc(C(=O)N2C[C@H]3C[C@@H](Oc4ccc(F)cc4)[C@H](O)C[C@H]3C2)cc1. The molecule has 1 saturated carbocycles. The summed E-state index contributed by atoms with van der Waals surface area (Å²) in [6.07, 6.45) is 1.28. The molecular formula is C24H28FNO4. The summed E-state index contributed by atoms with van der Waals surface area (Å²) in [7, 11) is 0. The first-order valence-corrected chi connectivity index (χ1v) is 10.7. The Morgan fingerprint density at radius 3 is 2.33 bits per heavy atom. The number of amides is 1. The Kier molecular flexibility index (Phi) is 6.23. The summed E-state index contributed by atoms with van der Waals surface area (Å²) < 4.78 is 24.6. The molecule has 4 rings (SSSR count). The second-order valence-corrected chi connectivity index (χ2v) is 8.25. The van der Waals surface area contributed by atoms with Crippen LogP contribution in [0.5, 0.6) is 11.5 Å². The fraction of sp³-hybridized carbons (Fsp3) is 0.458. The molecule has 1 aliphatic carbocycles. The summed E-state index contributed by atoms with van der Waals surface area (Å²) in [5.41, 5.74) is 0.650. The topological polar surface area (TPSA) is 59.0 Å². The molecule has 0 spiro atoms. The Morgan fingerprint density at radius 2 is 1.67 bits per heavy atom. The van der Waals surface area contributed by atoms with E-state index in [4.69, 9.17) is 9.47 Å². The fourth-order valence-corrected chi connectivity index (χ4v) is 4.47. The van der Waals surface area contributed by atoms with E-state index < -0.39 is 6.10 Å². The first-order chi connectivity index (χ1) is 14.5. The summed E-state index contributed by atoms with van der Waals surface area (Å²) in [4.78, 5) is 14.8. The predicted octanol–water partition coefficient (Wildman–Crippen LogP) is 3.91. The van der Waals surface area contributed by atoms with Crippen LogP contribution in [0.15, 0.2) is 48.5 Å². The lowest BCUT2D eigenvalue weighted by Gasteiger charge is -2.35. The van der Waals surface area contributed by atoms with Gasteiger partial charge in [0.05, 0.1) is 12.7 Å². The van der Waals surface area contributed by atoms with E-state index in [2.05, 4.69) is 6.92 Å². The van der Waals surface area contributed by atoms with Crippen molar-refractivity contribution in [3.63, 3.8) is 0 Å². The number of ether oxygens (including phenoxy) is 2. The predicted molar refractivity (Wildman–Crippen MR) is 111 cm³/mol. The van der Waals surface area contributed by atoms with Crippen molar-refractivity contribution >= 4 is 5.91 Å². The molecule has 30 heavy (non-hydrogen) atoms. The van der Waals surface area contributed by atoms with Gasteiger partial charge in [-0.25, -0.2) is 4.39 Å². The summed E-state index contributed by atoms with van der Waals surface area (Å²) in [6, 6.07) is 13.1. The summed E-state index contributed by atoms with van der Waals surface area (Å²) in [5.74, 6) is 1.57. The molecule has 0 aromatic heterocycles. The molecule has 1 N–H and O–H groups in total. The normalized spacial score (nSPS) is 25.6. The molecule has 2 aliphatic rings. The van der Waals surface area contributed by atoms with Crippen molar-refractivity contribution in [1.29, 1.82) is 0 Å². The standard InChI is InChI=1S/C24H28FNO4/c1-2-11-29-20-7-3-16(4-8-20)24(28)26-14-17-12-22(27)23(13-18(17)15-26)30-21-9-5-19(25)6-10-21/h3-10,17-18,22-23,27H,2,11-15H2,1H3/t17-,18+,22+,23+/m0/s1. The molecule has 2 fully saturated rings. The second kappa shape index (κ2) is 9.04. The van der Waals surface area contributed by atoms with Crippen LogP contribution in [0.3, 0.4) is 0 Å². The highest BCUT2D eigenvalue weighted by Gasteiger charge is 2.44. The van der Waals surface area contributed by atoms with E-state index in [-0.39, 0.29) is 29.7 Å². The zero-order valence-electron chi connectivity index (χ0n) is 17.2. The molecule has 2 aromatic rings. The number of aliphatic hydroxyl groups excluding tert-OH is 1. The van der Waals surface area contributed by atoms with E-state index in [1.54, 1.807) is 12.1 Å². The largest absolute Gasteiger partial charge is 0.494 e. The first kappa shape index (κ1) is 20.7. The van der Waals surface area contributed by atoms with Gasteiger partial charge in [0, 0.05) is 18.7 Å². The molecule has 0 bridgehead atoms. The van der Waals surface area contributed by atoms with Gasteiger partial charge < -0.3 is 19.5 Å². The number of hydrogen-bond acceptors (Lipinski definition) is 4. The number of benzene rings is 2. The van der Waals surface area contributed by atoms with Crippen molar-refractivity contribution in [2.45, 2.75) is 38.4 Å². The monoisotopic (exact) mass is 413 g/mol. The van der Waals surface area contributed by atoms with Crippen LogP contribution in [0.1, 0.15) is 36.5 Å². The Balaban J connectivity index is 1.37. The van der Waals surface area contributed by atoms with Crippen LogP contribution in [-0.2, 0) is 0 Å². The number of likely N-dealkylation sites (tertiary alicyclic amines) is 1. The Hall–Kier alpha value is -2.60. The highest BCUT2D eigenvalue weighted by molar-refractivity contribution is 5.94. The number of carbonyl (C=O) groups excluding carboxylic acids is 1. The first-order valence-electron chi connectivity index (χ1n) is 10.7. The van der Waals surface area contributed by atoms with Crippen molar-refractivity contribution in [2.75, 3.05) is 19.7 Å². The molecule has 160 valence electrons. The van der Waals surface area contributed by atoms with Crippen molar-refractivity contribution in [3.05, 3.63) is 59.9 Å². The van der Waals surface area contributed by atoms with Gasteiger partial charge in [0.25, 0.3) is 5.91 Å². The van der Waals surface area contributed by atoms with Gasteiger partial charge in [-0.1, -0.05) is 6.92 Å². The van der Waals surface area contributed by atoms with Gasteiger partial charge >= 0.3 is 0 Å². The lowest BCUT2D eigenvalue weighted by atomic mass is 9.78. The molecule has 5 nitrogen and oxygen atoms in total. The third kappa shape index (κ3) is 4.59. The molecule has 1 amide bonds. The molecule has 2 aromatic carbocycles. The van der Waals surface area contributed by atoms with Crippen LogP contribution in [0.25, 0.3) is 0 Å². The van der Waals surface area contributed by atoms with Crippen molar-refractivity contribution in [1.82, 2.24) is 4.90 Å². The van der Waals surface area contributed by atoms with Crippen LogP contribution in [0.4, 0.5) is 4.39 Å². The van der Waals surface area contributed by atoms with Crippen molar-refractivity contribution in [2.24, 2.45) is 11.8 Å². The van der Waals surface area contributed by atoms with E-state index in [0.717, 1.165) is 12.2 Å². The van der Waals surface area contributed by atoms with Crippen LogP contribution in [0, 0.1) is 17.7 Å². The molecule has 6 heteroatoms. The average Bonchev–Trinajstić information content (AvgIpc) is 3.16. The van der Waals surface area contributed by atoms with Gasteiger partial charge in [0.1, 0.15) is 23.4 Å². The number of hydrogen-bond donors (Lipinski definition) is 1. The van der Waals surface area contributed by atoms with E-state index >= 15 is 0 Å². The molecule has 1 aliphatic heterocycles. The van der Waals surface area contributed by atoms with Gasteiger partial charge in [-0.15, -0.1) is 0 Å². The van der Waals surface area contributed by atoms with Crippen LogP contribution in [0.2, 0.25) is 0 Å². The summed E-state index contributed by atoms with van der Waals surface area (Å²) in [5, 5.41) is 10.6. The molecule has 1 heterocycles. The quantitative estimate of drug-likeness (QED) is 0.780. The minimum atomic E-state index is -0.596. The zero-order chi connectivity index (χ0) is 21.1. The van der Waals surface area contributed by atoms with Gasteiger partial charge in [-0.2, -0.15) is 0 Å². The highest BCUT2D eigenvalue weighted by Crippen LogP contribution is 2.38. The van der Waals surface area contributed by atoms with Gasteiger partial charge in [-0.05, 0) is 79.6 Å². The third-order valence-electron chi connectivity index (χ3n) is 6.05. The Labute approximate surface area is 176 Å². The lowest BCUT2D eigenvalue weighted by Crippen LogP contribution is -2.42. The van der Waals surface area contributed by atoms with E-state index in [0.29, 0.717) is 43.9 Å². The molecule has 1 saturated heterocycles.